The second-order valence-corrected chi connectivity index (χ2v) is 4.44. The molecule has 2 aromatic heterocycles. The molecule has 0 spiro atoms. The van der Waals surface area contributed by atoms with Crippen LogP contribution in [0.2, 0.25) is 0 Å². The molecule has 2 heterocycles. The lowest BCUT2D eigenvalue weighted by atomic mass is 10.2. The van der Waals surface area contributed by atoms with Crippen molar-refractivity contribution in [3.8, 4) is 11.4 Å². The van der Waals surface area contributed by atoms with Crippen LogP contribution in [0.3, 0.4) is 0 Å². The van der Waals surface area contributed by atoms with E-state index in [1.165, 1.54) is 17.7 Å². The average molecular weight is 240 g/mol. The topological polar surface area (TPSA) is 50.7 Å². The van der Waals surface area contributed by atoms with Crippen LogP contribution in [-0.2, 0) is 12.8 Å². The number of aryl methyl sites for hydroxylation is 1. The van der Waals surface area contributed by atoms with Crippen LogP contribution in [-0.4, -0.2) is 21.5 Å². The smallest absolute Gasteiger partial charge is 0.161 e. The Morgan fingerprint density at radius 3 is 2.78 bits per heavy atom. The Morgan fingerprint density at radius 2 is 2.00 bits per heavy atom. The lowest BCUT2D eigenvalue weighted by Gasteiger charge is -2.10. The van der Waals surface area contributed by atoms with Crippen LogP contribution in [0.1, 0.15) is 24.6 Å². The Hall–Kier alpha value is -1.97. The van der Waals surface area contributed by atoms with Gasteiger partial charge in [-0.05, 0) is 38.3 Å². The third kappa shape index (κ3) is 1.94. The summed E-state index contributed by atoms with van der Waals surface area (Å²) in [6, 6.07) is 3.90. The standard InChI is InChI=1S/C14H16N4/c1-2-16-14-11-4-3-5-12(11)17-13(18-14)10-6-8-15-9-7-10/h6-9H,2-5H2,1H3,(H,16,17,18). The van der Waals surface area contributed by atoms with E-state index in [0.717, 1.165) is 36.6 Å². The molecule has 92 valence electrons. The van der Waals surface area contributed by atoms with Gasteiger partial charge in [0, 0.05) is 35.8 Å². The van der Waals surface area contributed by atoms with Gasteiger partial charge in [0.15, 0.2) is 5.82 Å². The molecule has 0 bridgehead atoms. The molecule has 1 aliphatic carbocycles. The SMILES string of the molecule is CCNc1nc(-c2ccncc2)nc2c1CCC2. The Kier molecular flexibility index (Phi) is 2.92. The molecule has 0 atom stereocenters. The van der Waals surface area contributed by atoms with Crippen LogP contribution in [0, 0.1) is 0 Å². The van der Waals surface area contributed by atoms with Crippen molar-refractivity contribution in [2.45, 2.75) is 26.2 Å². The zero-order valence-electron chi connectivity index (χ0n) is 10.5. The summed E-state index contributed by atoms with van der Waals surface area (Å²) in [5.41, 5.74) is 3.53. The van der Waals surface area contributed by atoms with Crippen molar-refractivity contribution in [2.24, 2.45) is 0 Å². The van der Waals surface area contributed by atoms with Gasteiger partial charge >= 0.3 is 0 Å². The van der Waals surface area contributed by atoms with Crippen molar-refractivity contribution in [2.75, 3.05) is 11.9 Å². The molecule has 0 saturated heterocycles. The first-order valence-corrected chi connectivity index (χ1v) is 6.42. The van der Waals surface area contributed by atoms with E-state index in [1.54, 1.807) is 12.4 Å². The number of aromatic nitrogens is 3. The predicted octanol–water partition coefficient (Wildman–Crippen LogP) is 2.46. The average Bonchev–Trinajstić information content (AvgIpc) is 2.88. The molecule has 4 heteroatoms. The van der Waals surface area contributed by atoms with E-state index in [4.69, 9.17) is 0 Å². The summed E-state index contributed by atoms with van der Waals surface area (Å²) in [6.07, 6.45) is 6.89. The lowest BCUT2D eigenvalue weighted by molar-refractivity contribution is 0.900. The molecular weight excluding hydrogens is 224 g/mol. The molecule has 0 aromatic carbocycles. The lowest BCUT2D eigenvalue weighted by Crippen LogP contribution is -2.06. The summed E-state index contributed by atoms with van der Waals surface area (Å²) in [5.74, 6) is 1.81. The van der Waals surface area contributed by atoms with E-state index in [-0.39, 0.29) is 0 Å². The molecule has 0 radical (unpaired) electrons. The first-order valence-electron chi connectivity index (χ1n) is 6.42. The minimum Gasteiger partial charge on any atom is -0.370 e. The number of anilines is 1. The number of nitrogens with zero attached hydrogens (tertiary/aromatic N) is 3. The number of hydrogen-bond donors (Lipinski definition) is 1. The van der Waals surface area contributed by atoms with Crippen molar-refractivity contribution in [3.63, 3.8) is 0 Å². The zero-order valence-corrected chi connectivity index (χ0v) is 10.5. The Balaban J connectivity index is 2.09. The van der Waals surface area contributed by atoms with Gasteiger partial charge in [0.2, 0.25) is 0 Å². The highest BCUT2D eigenvalue weighted by Gasteiger charge is 2.19. The van der Waals surface area contributed by atoms with Crippen molar-refractivity contribution in [1.29, 1.82) is 0 Å². The number of hydrogen-bond acceptors (Lipinski definition) is 4. The van der Waals surface area contributed by atoms with Gasteiger partial charge in [0.25, 0.3) is 0 Å². The molecule has 18 heavy (non-hydrogen) atoms. The molecule has 4 nitrogen and oxygen atoms in total. The summed E-state index contributed by atoms with van der Waals surface area (Å²) >= 11 is 0. The van der Waals surface area contributed by atoms with E-state index in [9.17, 15) is 0 Å². The summed E-state index contributed by atoms with van der Waals surface area (Å²) in [4.78, 5) is 13.4. The molecule has 3 rings (SSSR count). The molecule has 0 saturated carbocycles. The number of nitrogens with one attached hydrogen (secondary N) is 1. The van der Waals surface area contributed by atoms with Gasteiger partial charge in [-0.3, -0.25) is 4.98 Å². The van der Waals surface area contributed by atoms with Gasteiger partial charge in [0.05, 0.1) is 0 Å². The highest BCUT2D eigenvalue weighted by molar-refractivity contribution is 5.60. The maximum absolute atomic E-state index is 4.69. The van der Waals surface area contributed by atoms with E-state index in [1.807, 2.05) is 12.1 Å². The fourth-order valence-corrected chi connectivity index (χ4v) is 2.38. The van der Waals surface area contributed by atoms with Crippen LogP contribution < -0.4 is 5.32 Å². The first-order chi connectivity index (χ1) is 8.88. The highest BCUT2D eigenvalue weighted by Crippen LogP contribution is 2.28. The van der Waals surface area contributed by atoms with E-state index < -0.39 is 0 Å². The summed E-state index contributed by atoms with van der Waals surface area (Å²) in [6.45, 7) is 2.98. The first kappa shape index (κ1) is 11.1. The summed E-state index contributed by atoms with van der Waals surface area (Å²) in [7, 11) is 0. The maximum Gasteiger partial charge on any atom is 0.161 e. The monoisotopic (exact) mass is 240 g/mol. The Morgan fingerprint density at radius 1 is 1.17 bits per heavy atom. The number of rotatable bonds is 3. The fourth-order valence-electron chi connectivity index (χ4n) is 2.38. The molecule has 1 aliphatic rings. The fraction of sp³-hybridized carbons (Fsp3) is 0.357. The second kappa shape index (κ2) is 4.72. The third-order valence-corrected chi connectivity index (χ3v) is 3.22. The normalized spacial score (nSPS) is 13.4. The largest absolute Gasteiger partial charge is 0.370 e. The van der Waals surface area contributed by atoms with E-state index in [2.05, 4.69) is 27.2 Å². The second-order valence-electron chi connectivity index (χ2n) is 4.44. The van der Waals surface area contributed by atoms with Gasteiger partial charge in [-0.15, -0.1) is 0 Å². The molecule has 0 amide bonds. The van der Waals surface area contributed by atoms with Crippen LogP contribution in [0.25, 0.3) is 11.4 Å². The van der Waals surface area contributed by atoms with Gasteiger partial charge < -0.3 is 5.32 Å². The van der Waals surface area contributed by atoms with Crippen LogP contribution >= 0.6 is 0 Å². The van der Waals surface area contributed by atoms with Gasteiger partial charge in [-0.2, -0.15) is 0 Å². The van der Waals surface area contributed by atoms with Gasteiger partial charge in [-0.1, -0.05) is 0 Å². The molecule has 0 fully saturated rings. The number of pyridine rings is 1. The summed E-state index contributed by atoms with van der Waals surface area (Å²) in [5, 5.41) is 3.35. The molecule has 0 unspecified atom stereocenters. The minimum absolute atomic E-state index is 0.800. The van der Waals surface area contributed by atoms with E-state index >= 15 is 0 Å². The third-order valence-electron chi connectivity index (χ3n) is 3.22. The Labute approximate surface area is 107 Å². The van der Waals surface area contributed by atoms with Crippen molar-refractivity contribution in [1.82, 2.24) is 15.0 Å². The number of fused-ring (bicyclic) bond motifs is 1. The van der Waals surface area contributed by atoms with Crippen molar-refractivity contribution >= 4 is 5.82 Å². The quantitative estimate of drug-likeness (QED) is 0.895. The molecule has 1 N–H and O–H groups in total. The maximum atomic E-state index is 4.69. The summed E-state index contributed by atoms with van der Waals surface area (Å²) < 4.78 is 0. The van der Waals surface area contributed by atoms with Gasteiger partial charge in [0.1, 0.15) is 5.82 Å². The van der Waals surface area contributed by atoms with Crippen LogP contribution in [0.5, 0.6) is 0 Å². The minimum atomic E-state index is 0.800. The Bertz CT molecular complexity index is 551. The molecule has 2 aromatic rings. The van der Waals surface area contributed by atoms with Crippen LogP contribution in [0.4, 0.5) is 5.82 Å². The molecular formula is C14H16N4. The van der Waals surface area contributed by atoms with Crippen molar-refractivity contribution in [3.05, 3.63) is 35.8 Å². The molecule has 0 aliphatic heterocycles. The predicted molar refractivity (Wildman–Crippen MR) is 71.5 cm³/mol. The van der Waals surface area contributed by atoms with Crippen molar-refractivity contribution < 1.29 is 0 Å². The highest BCUT2D eigenvalue weighted by atomic mass is 15.0. The van der Waals surface area contributed by atoms with E-state index in [0.29, 0.717) is 0 Å². The van der Waals surface area contributed by atoms with Crippen LogP contribution in [0.15, 0.2) is 24.5 Å². The van der Waals surface area contributed by atoms with Gasteiger partial charge in [-0.25, -0.2) is 9.97 Å². The zero-order chi connectivity index (χ0) is 12.4.